The van der Waals surface area contributed by atoms with Gasteiger partial charge in [-0.3, -0.25) is 19.5 Å². The SMILES string of the molecule is CCCN1C(=O)[C@@H]2[C@@H](CC(COc3ccccc3)=C3[C@@H](CC/C(=C/c4ccccc4O)c4ccccn4)OC[C@@H]32)C1=O. The first-order valence-corrected chi connectivity index (χ1v) is 14.8. The number of hydrogen-bond donors (Lipinski definition) is 1. The van der Waals surface area contributed by atoms with E-state index in [4.69, 9.17) is 9.47 Å². The lowest BCUT2D eigenvalue weighted by molar-refractivity contribution is -0.140. The first kappa shape index (κ1) is 27.9. The van der Waals surface area contributed by atoms with Crippen molar-refractivity contribution < 1.29 is 24.2 Å². The zero-order valence-corrected chi connectivity index (χ0v) is 23.8. The van der Waals surface area contributed by atoms with Crippen molar-refractivity contribution >= 4 is 23.5 Å². The second kappa shape index (κ2) is 12.3. The quantitative estimate of drug-likeness (QED) is 0.243. The maximum absolute atomic E-state index is 13.5. The lowest BCUT2D eigenvalue weighted by Crippen LogP contribution is -2.35. The van der Waals surface area contributed by atoms with E-state index in [-0.39, 0.29) is 41.4 Å². The van der Waals surface area contributed by atoms with Crippen LogP contribution in [0.2, 0.25) is 0 Å². The average molecular weight is 565 g/mol. The van der Waals surface area contributed by atoms with Crippen LogP contribution in [0, 0.1) is 17.8 Å². The van der Waals surface area contributed by atoms with Crippen LogP contribution in [0.3, 0.4) is 0 Å². The summed E-state index contributed by atoms with van der Waals surface area (Å²) in [4.78, 5) is 32.9. The molecule has 7 heteroatoms. The van der Waals surface area contributed by atoms with Crippen molar-refractivity contribution in [3.8, 4) is 11.5 Å². The van der Waals surface area contributed by atoms with Gasteiger partial charge in [0.15, 0.2) is 0 Å². The number of benzene rings is 2. The molecule has 6 rings (SSSR count). The molecular weight excluding hydrogens is 528 g/mol. The number of nitrogens with zero attached hydrogens (tertiary/aromatic N) is 2. The van der Waals surface area contributed by atoms with E-state index in [9.17, 15) is 14.7 Å². The molecule has 216 valence electrons. The number of pyridine rings is 1. The van der Waals surface area contributed by atoms with Crippen molar-refractivity contribution in [1.82, 2.24) is 9.88 Å². The van der Waals surface area contributed by atoms with Gasteiger partial charge in [-0.15, -0.1) is 0 Å². The van der Waals surface area contributed by atoms with Crippen molar-refractivity contribution in [3.63, 3.8) is 0 Å². The number of aromatic nitrogens is 1. The minimum atomic E-state index is -0.378. The van der Waals surface area contributed by atoms with Gasteiger partial charge in [-0.2, -0.15) is 0 Å². The molecule has 1 aliphatic carbocycles. The van der Waals surface area contributed by atoms with Crippen molar-refractivity contribution in [1.29, 1.82) is 0 Å². The van der Waals surface area contributed by atoms with Crippen LogP contribution in [-0.2, 0) is 14.3 Å². The Morgan fingerprint density at radius 3 is 2.57 bits per heavy atom. The zero-order valence-electron chi connectivity index (χ0n) is 23.8. The highest BCUT2D eigenvalue weighted by Crippen LogP contribution is 2.50. The van der Waals surface area contributed by atoms with Gasteiger partial charge in [0.25, 0.3) is 0 Å². The van der Waals surface area contributed by atoms with Crippen LogP contribution >= 0.6 is 0 Å². The normalized spacial score (nSPS) is 23.7. The van der Waals surface area contributed by atoms with Crippen LogP contribution < -0.4 is 4.74 Å². The second-order valence-electron chi connectivity index (χ2n) is 11.2. The number of phenolic OH excluding ortho intramolecular Hbond substituents is 1. The fourth-order valence-corrected chi connectivity index (χ4v) is 6.71. The summed E-state index contributed by atoms with van der Waals surface area (Å²) in [6.45, 7) is 3.21. The number of hydrogen-bond acceptors (Lipinski definition) is 6. The average Bonchev–Trinajstić information content (AvgIpc) is 3.55. The number of carbonyl (C=O) groups is 2. The first-order valence-electron chi connectivity index (χ1n) is 14.8. The third-order valence-corrected chi connectivity index (χ3v) is 8.64. The van der Waals surface area contributed by atoms with E-state index >= 15 is 0 Å². The number of aromatic hydroxyl groups is 1. The van der Waals surface area contributed by atoms with E-state index in [1.54, 1.807) is 18.3 Å². The molecule has 2 amide bonds. The second-order valence-corrected chi connectivity index (χ2v) is 11.2. The van der Waals surface area contributed by atoms with Crippen molar-refractivity contribution in [3.05, 3.63) is 101 Å². The van der Waals surface area contributed by atoms with Crippen LogP contribution in [0.25, 0.3) is 11.6 Å². The van der Waals surface area contributed by atoms with Crippen LogP contribution in [0.1, 0.15) is 43.9 Å². The third-order valence-electron chi connectivity index (χ3n) is 8.64. The van der Waals surface area contributed by atoms with Crippen LogP contribution in [-0.4, -0.2) is 52.7 Å². The Balaban J connectivity index is 1.30. The molecule has 2 aromatic carbocycles. The number of carbonyl (C=O) groups excluding carboxylic acids is 2. The highest BCUT2D eigenvalue weighted by molar-refractivity contribution is 6.06. The molecule has 3 heterocycles. The number of amides is 2. The van der Waals surface area contributed by atoms with Gasteiger partial charge in [-0.25, -0.2) is 0 Å². The number of phenols is 1. The molecule has 7 nitrogen and oxygen atoms in total. The summed E-state index contributed by atoms with van der Waals surface area (Å²) in [6.07, 6.45) is 6.13. The van der Waals surface area contributed by atoms with E-state index in [2.05, 4.69) is 4.98 Å². The molecule has 1 N–H and O–H groups in total. The van der Waals surface area contributed by atoms with Gasteiger partial charge in [0, 0.05) is 24.2 Å². The molecule has 0 bridgehead atoms. The zero-order chi connectivity index (χ0) is 29.1. The molecule has 4 atom stereocenters. The molecule has 3 aliphatic rings. The van der Waals surface area contributed by atoms with Crippen molar-refractivity contribution in [2.45, 2.75) is 38.7 Å². The highest BCUT2D eigenvalue weighted by atomic mass is 16.5. The number of imide groups is 1. The first-order chi connectivity index (χ1) is 20.5. The molecule has 2 fully saturated rings. The lowest BCUT2D eigenvalue weighted by Gasteiger charge is -2.31. The molecule has 2 saturated heterocycles. The monoisotopic (exact) mass is 564 g/mol. The van der Waals surface area contributed by atoms with Crippen molar-refractivity contribution in [2.24, 2.45) is 17.8 Å². The largest absolute Gasteiger partial charge is 0.507 e. The predicted octanol–water partition coefficient (Wildman–Crippen LogP) is 5.91. The molecule has 0 radical (unpaired) electrons. The van der Waals surface area contributed by atoms with Gasteiger partial charge < -0.3 is 14.6 Å². The van der Waals surface area contributed by atoms with Crippen molar-refractivity contribution in [2.75, 3.05) is 19.8 Å². The molecule has 3 aromatic rings. The number of allylic oxidation sites excluding steroid dienone is 1. The number of likely N-dealkylation sites (tertiary alicyclic amines) is 1. The fraction of sp³-hybridized carbons (Fsp3) is 0.343. The van der Waals surface area contributed by atoms with Gasteiger partial charge in [-0.05, 0) is 78.8 Å². The third kappa shape index (κ3) is 5.49. The molecule has 0 unspecified atom stereocenters. The minimum absolute atomic E-state index is 0.0600. The van der Waals surface area contributed by atoms with Crippen LogP contribution in [0.15, 0.2) is 90.1 Å². The topological polar surface area (TPSA) is 89.0 Å². The summed E-state index contributed by atoms with van der Waals surface area (Å²) < 4.78 is 12.6. The minimum Gasteiger partial charge on any atom is -0.507 e. The Labute approximate surface area is 246 Å². The Bertz CT molecular complexity index is 1500. The predicted molar refractivity (Wildman–Crippen MR) is 160 cm³/mol. The van der Waals surface area contributed by atoms with E-state index in [0.29, 0.717) is 39.0 Å². The summed E-state index contributed by atoms with van der Waals surface area (Å²) in [5, 5.41) is 10.4. The Morgan fingerprint density at radius 2 is 1.81 bits per heavy atom. The Hall–Kier alpha value is -4.23. The number of rotatable bonds is 10. The summed E-state index contributed by atoms with van der Waals surface area (Å²) >= 11 is 0. The van der Waals surface area contributed by atoms with Gasteiger partial charge in [-0.1, -0.05) is 49.4 Å². The molecule has 0 spiro atoms. The molecular formula is C35H36N2O5. The molecule has 2 aliphatic heterocycles. The number of ether oxygens (including phenoxy) is 2. The van der Waals surface area contributed by atoms with Gasteiger partial charge in [0.1, 0.15) is 18.1 Å². The van der Waals surface area contributed by atoms with Crippen LogP contribution in [0.5, 0.6) is 11.5 Å². The molecule has 42 heavy (non-hydrogen) atoms. The van der Waals surface area contributed by atoms with Gasteiger partial charge in [0.2, 0.25) is 11.8 Å². The molecule has 0 saturated carbocycles. The van der Waals surface area contributed by atoms with Gasteiger partial charge in [0.05, 0.1) is 30.2 Å². The fourth-order valence-electron chi connectivity index (χ4n) is 6.71. The highest BCUT2D eigenvalue weighted by Gasteiger charge is 2.56. The summed E-state index contributed by atoms with van der Waals surface area (Å²) in [7, 11) is 0. The standard InChI is InChI=1S/C35H36N2O5/c1-2-18-37-34(39)27-20-25(21-41-26-11-4-3-5-12-26)32-28(33(27)35(37)40)22-42-31(32)16-15-23(29-13-8-9-17-36-29)19-24-10-6-7-14-30(24)38/h3-14,17,19,27-28,31,33,38H,2,15-16,18,20-22H2,1H3/b23-19-/t27-,28+,31-,33-/m1/s1. The van der Waals surface area contributed by atoms with Crippen LogP contribution in [0.4, 0.5) is 0 Å². The smallest absolute Gasteiger partial charge is 0.233 e. The van der Waals surface area contributed by atoms with E-state index < -0.39 is 0 Å². The molecule has 1 aromatic heterocycles. The summed E-state index contributed by atoms with van der Waals surface area (Å²) in [5.74, 6) is -0.0161. The van der Waals surface area contributed by atoms with Gasteiger partial charge >= 0.3 is 0 Å². The van der Waals surface area contributed by atoms with E-state index in [1.807, 2.05) is 73.7 Å². The number of para-hydroxylation sites is 2. The summed E-state index contributed by atoms with van der Waals surface area (Å²) in [5.41, 5.74) is 4.74. The maximum atomic E-state index is 13.5. The lowest BCUT2D eigenvalue weighted by atomic mass is 9.69. The maximum Gasteiger partial charge on any atom is 0.233 e. The number of fused-ring (bicyclic) bond motifs is 3. The Morgan fingerprint density at radius 1 is 1.02 bits per heavy atom. The van der Waals surface area contributed by atoms with E-state index in [1.165, 1.54) is 4.90 Å². The Kier molecular flexibility index (Phi) is 8.20. The summed E-state index contributed by atoms with van der Waals surface area (Å²) in [6, 6.07) is 22.7. The van der Waals surface area contributed by atoms with E-state index in [0.717, 1.165) is 40.1 Å².